The van der Waals surface area contributed by atoms with E-state index >= 15 is 0 Å². The third-order valence-electron chi connectivity index (χ3n) is 2.51. The second-order valence-electron chi connectivity index (χ2n) is 3.71. The zero-order chi connectivity index (χ0) is 13.6. The highest BCUT2D eigenvalue weighted by atomic mass is 79.9. The quantitative estimate of drug-likeness (QED) is 0.709. The molecule has 0 spiro atoms. The number of aromatic carboxylic acids is 1. The summed E-state index contributed by atoms with van der Waals surface area (Å²) >= 11 is 8.34. The Labute approximate surface area is 128 Å². The number of aromatic nitrogens is 3. The smallest absolute Gasteiger partial charge is 0.337 e. The predicted octanol–water partition coefficient (Wildman–Crippen LogP) is 3.68. The highest BCUT2D eigenvalue weighted by molar-refractivity contribution is 9.13. The highest BCUT2D eigenvalue weighted by Crippen LogP contribution is 2.37. The molecule has 19 heavy (non-hydrogen) atoms. The van der Waals surface area contributed by atoms with Crippen LogP contribution in [0.5, 0.6) is 0 Å². The molecule has 0 aliphatic rings. The van der Waals surface area contributed by atoms with Gasteiger partial charge in [0.2, 0.25) is 0 Å². The van der Waals surface area contributed by atoms with E-state index in [2.05, 4.69) is 42.1 Å². The lowest BCUT2D eigenvalue weighted by Gasteiger charge is -1.98. The second kappa shape index (κ2) is 4.69. The first-order valence-corrected chi connectivity index (χ1v) is 7.50. The van der Waals surface area contributed by atoms with Gasteiger partial charge in [-0.3, -0.25) is 4.40 Å². The van der Waals surface area contributed by atoms with Crippen LogP contribution < -0.4 is 0 Å². The minimum Gasteiger partial charge on any atom is -0.478 e. The minimum absolute atomic E-state index is 0.197. The molecule has 3 heterocycles. The molecule has 96 valence electrons. The maximum atomic E-state index is 11.0. The monoisotopic (exact) mass is 401 g/mol. The third-order valence-corrected chi connectivity index (χ3v) is 5.77. The van der Waals surface area contributed by atoms with Crippen LogP contribution in [-0.2, 0) is 0 Å². The second-order valence-corrected chi connectivity index (χ2v) is 6.93. The molecule has 3 aromatic heterocycles. The van der Waals surface area contributed by atoms with Gasteiger partial charge in [0.15, 0.2) is 11.5 Å². The Morgan fingerprint density at radius 3 is 2.74 bits per heavy atom. The Balaban J connectivity index is 2.23. The fraction of sp³-hybridized carbons (Fsp3) is 0. The van der Waals surface area contributed by atoms with E-state index in [0.717, 1.165) is 13.1 Å². The lowest BCUT2D eigenvalue weighted by atomic mass is 10.3. The molecule has 0 aliphatic heterocycles. The predicted molar refractivity (Wildman–Crippen MR) is 78.7 cm³/mol. The summed E-state index contributed by atoms with van der Waals surface area (Å²) in [4.78, 5) is 11.9. The topological polar surface area (TPSA) is 67.5 Å². The summed E-state index contributed by atoms with van der Waals surface area (Å²) in [6.45, 7) is 0. The summed E-state index contributed by atoms with van der Waals surface area (Å²) in [5.41, 5.74) is 0.809. The number of thiophene rings is 1. The Bertz CT molecular complexity index is 777. The van der Waals surface area contributed by atoms with E-state index in [1.807, 2.05) is 6.07 Å². The molecule has 3 aromatic rings. The lowest BCUT2D eigenvalue weighted by molar-refractivity contribution is 0.0696. The van der Waals surface area contributed by atoms with Crippen molar-refractivity contribution in [2.45, 2.75) is 0 Å². The van der Waals surface area contributed by atoms with Crippen LogP contribution in [0.3, 0.4) is 0 Å². The molecular weight excluding hydrogens is 398 g/mol. The molecule has 0 saturated heterocycles. The molecule has 0 radical (unpaired) electrons. The number of halogens is 2. The normalized spacial score (nSPS) is 11.1. The lowest BCUT2D eigenvalue weighted by Crippen LogP contribution is -1.99. The van der Waals surface area contributed by atoms with E-state index < -0.39 is 5.97 Å². The van der Waals surface area contributed by atoms with Gasteiger partial charge in [0.1, 0.15) is 0 Å². The molecule has 3 rings (SSSR count). The van der Waals surface area contributed by atoms with Crippen molar-refractivity contribution in [3.05, 3.63) is 38.2 Å². The fourth-order valence-corrected chi connectivity index (χ4v) is 3.66. The number of carboxylic acid groups (broad SMARTS) is 1. The highest BCUT2D eigenvalue weighted by Gasteiger charge is 2.14. The first kappa shape index (κ1) is 12.8. The van der Waals surface area contributed by atoms with Gasteiger partial charge in [0.05, 0.1) is 14.2 Å². The van der Waals surface area contributed by atoms with Crippen molar-refractivity contribution in [1.29, 1.82) is 0 Å². The van der Waals surface area contributed by atoms with Crippen molar-refractivity contribution in [3.8, 4) is 10.7 Å². The molecule has 0 fully saturated rings. The molecule has 0 saturated carbocycles. The van der Waals surface area contributed by atoms with E-state index in [1.165, 1.54) is 23.6 Å². The molecule has 1 N–H and O–H groups in total. The average molecular weight is 403 g/mol. The molecule has 8 heteroatoms. The van der Waals surface area contributed by atoms with Crippen LogP contribution in [-0.4, -0.2) is 25.7 Å². The van der Waals surface area contributed by atoms with Crippen molar-refractivity contribution in [2.75, 3.05) is 0 Å². The zero-order valence-electron chi connectivity index (χ0n) is 9.17. The number of hydrogen-bond donors (Lipinski definition) is 1. The van der Waals surface area contributed by atoms with Crippen molar-refractivity contribution in [3.63, 3.8) is 0 Å². The van der Waals surface area contributed by atoms with Crippen LogP contribution in [0, 0.1) is 0 Å². The summed E-state index contributed by atoms with van der Waals surface area (Å²) in [5, 5.41) is 17.2. The summed E-state index contributed by atoms with van der Waals surface area (Å²) in [7, 11) is 0. The largest absolute Gasteiger partial charge is 0.478 e. The van der Waals surface area contributed by atoms with Gasteiger partial charge in [0, 0.05) is 10.7 Å². The van der Waals surface area contributed by atoms with E-state index in [4.69, 9.17) is 5.11 Å². The molecule has 0 amide bonds. The average Bonchev–Trinajstić information content (AvgIpc) is 2.93. The molecule has 0 aromatic carbocycles. The first-order valence-electron chi connectivity index (χ1n) is 5.09. The minimum atomic E-state index is -0.977. The maximum absolute atomic E-state index is 11.0. The first-order chi connectivity index (χ1) is 9.06. The van der Waals surface area contributed by atoms with Gasteiger partial charge in [-0.15, -0.1) is 21.5 Å². The van der Waals surface area contributed by atoms with Crippen molar-refractivity contribution in [2.24, 2.45) is 0 Å². The maximum Gasteiger partial charge on any atom is 0.337 e. The Hall–Kier alpha value is -1.25. The van der Waals surface area contributed by atoms with E-state index in [-0.39, 0.29) is 5.56 Å². The number of fused-ring (bicyclic) bond motifs is 1. The fourth-order valence-electron chi connectivity index (χ4n) is 1.64. The van der Waals surface area contributed by atoms with Gasteiger partial charge in [-0.05, 0) is 50.1 Å². The molecule has 0 unspecified atom stereocenters. The molecular formula is C11H5Br2N3O2S. The van der Waals surface area contributed by atoms with Crippen LogP contribution in [0.25, 0.3) is 16.3 Å². The van der Waals surface area contributed by atoms with E-state index in [9.17, 15) is 4.79 Å². The molecule has 0 atom stereocenters. The summed E-state index contributed by atoms with van der Waals surface area (Å²) in [6.07, 6.45) is 1.52. The number of carboxylic acids is 1. The van der Waals surface area contributed by atoms with Gasteiger partial charge in [0.25, 0.3) is 0 Å². The Morgan fingerprint density at radius 2 is 2.11 bits per heavy atom. The number of nitrogens with zero attached hydrogens (tertiary/aromatic N) is 3. The van der Waals surface area contributed by atoms with Gasteiger partial charge in [-0.2, -0.15) is 0 Å². The Kier molecular flexibility index (Phi) is 3.15. The standard InChI is InChI=1S/C11H5Br2N3O2S/c12-6-3-7(19-9(6)13)10-15-14-8-2-1-5(11(17)18)4-16(8)10/h1-4H,(H,17,18). The number of rotatable bonds is 2. The van der Waals surface area contributed by atoms with Gasteiger partial charge in [-0.1, -0.05) is 0 Å². The third kappa shape index (κ3) is 2.19. The summed E-state index contributed by atoms with van der Waals surface area (Å²) in [6, 6.07) is 5.06. The van der Waals surface area contributed by atoms with Crippen LogP contribution in [0.4, 0.5) is 0 Å². The van der Waals surface area contributed by atoms with Gasteiger partial charge < -0.3 is 5.11 Å². The van der Waals surface area contributed by atoms with E-state index in [1.54, 1.807) is 10.5 Å². The number of hydrogen-bond acceptors (Lipinski definition) is 4. The summed E-state index contributed by atoms with van der Waals surface area (Å²) < 4.78 is 3.56. The van der Waals surface area contributed by atoms with Crippen LogP contribution in [0.1, 0.15) is 10.4 Å². The number of pyridine rings is 1. The molecule has 0 aliphatic carbocycles. The van der Waals surface area contributed by atoms with Gasteiger partial charge in [-0.25, -0.2) is 4.79 Å². The van der Waals surface area contributed by atoms with Crippen LogP contribution in [0.2, 0.25) is 0 Å². The summed E-state index contributed by atoms with van der Waals surface area (Å²) in [5.74, 6) is -0.357. The molecule has 5 nitrogen and oxygen atoms in total. The van der Waals surface area contributed by atoms with Crippen molar-refractivity contribution < 1.29 is 9.90 Å². The number of carbonyl (C=O) groups is 1. The SMILES string of the molecule is O=C(O)c1ccc2nnc(-c3cc(Br)c(Br)s3)n2c1. The molecule has 0 bridgehead atoms. The van der Waals surface area contributed by atoms with Gasteiger partial charge >= 0.3 is 5.97 Å². The van der Waals surface area contributed by atoms with Crippen LogP contribution in [0.15, 0.2) is 32.7 Å². The van der Waals surface area contributed by atoms with E-state index in [0.29, 0.717) is 11.5 Å². The zero-order valence-corrected chi connectivity index (χ0v) is 13.2. The van der Waals surface area contributed by atoms with Crippen LogP contribution >= 0.6 is 43.2 Å². The van der Waals surface area contributed by atoms with Crippen molar-refractivity contribution in [1.82, 2.24) is 14.6 Å². The van der Waals surface area contributed by atoms with Crippen molar-refractivity contribution >= 4 is 54.8 Å². The Morgan fingerprint density at radius 1 is 1.32 bits per heavy atom.